The van der Waals surface area contributed by atoms with E-state index in [4.69, 9.17) is 11.6 Å². The Labute approximate surface area is 212 Å². The summed E-state index contributed by atoms with van der Waals surface area (Å²) in [7, 11) is 1.87. The van der Waals surface area contributed by atoms with Crippen LogP contribution in [0.5, 0.6) is 0 Å². The number of aryl methyl sites for hydroxylation is 1. The third-order valence-corrected chi connectivity index (χ3v) is 6.64. The molecule has 5 nitrogen and oxygen atoms in total. The number of rotatable bonds is 7. The van der Waals surface area contributed by atoms with Gasteiger partial charge in [0.05, 0.1) is 4.92 Å². The predicted molar refractivity (Wildman–Crippen MR) is 145 cm³/mol. The van der Waals surface area contributed by atoms with Gasteiger partial charge in [-0.1, -0.05) is 60.8 Å². The number of hydrogen-bond donors (Lipinski definition) is 0. The number of benzene rings is 3. The monoisotopic (exact) mass is 500 g/mol. The summed E-state index contributed by atoms with van der Waals surface area (Å²) in [6.45, 7) is 7.71. The minimum Gasteiger partial charge on any atom is -0.356 e. The Balaban J connectivity index is 1.78. The molecular weight excluding hydrogens is 480 g/mol. The Bertz CT molecular complexity index is 1520. The fourth-order valence-corrected chi connectivity index (χ4v) is 4.99. The Morgan fingerprint density at radius 3 is 2.29 bits per heavy atom. The molecular formula is C28H21ClN2O3S. The molecule has 4 aromatic rings. The number of halogens is 1. The molecule has 35 heavy (non-hydrogen) atoms. The van der Waals surface area contributed by atoms with Crippen LogP contribution < -0.4 is 5.43 Å². The first-order valence-corrected chi connectivity index (χ1v) is 11.8. The molecule has 0 saturated carbocycles. The lowest BCUT2D eigenvalue weighted by atomic mass is 9.95. The first kappa shape index (κ1) is 24.3. The average molecular weight is 501 g/mol. The molecule has 1 aromatic heterocycles. The maximum absolute atomic E-state index is 13.6. The van der Waals surface area contributed by atoms with E-state index in [1.54, 1.807) is 48.8 Å². The van der Waals surface area contributed by atoms with Gasteiger partial charge in [-0.25, -0.2) is 0 Å². The Morgan fingerprint density at radius 1 is 0.914 bits per heavy atom. The summed E-state index contributed by atoms with van der Waals surface area (Å²) in [6, 6.07) is 17.5. The van der Waals surface area contributed by atoms with Crippen LogP contribution in [0.4, 0.5) is 5.69 Å². The molecule has 174 valence electrons. The maximum atomic E-state index is 13.6. The second-order valence-electron chi connectivity index (χ2n) is 7.86. The second-order valence-corrected chi connectivity index (χ2v) is 9.45. The molecule has 7 heteroatoms. The van der Waals surface area contributed by atoms with Crippen molar-refractivity contribution in [2.24, 2.45) is 7.05 Å². The molecule has 0 atom stereocenters. The molecule has 4 rings (SSSR count). The van der Waals surface area contributed by atoms with E-state index in [9.17, 15) is 14.9 Å². The second kappa shape index (κ2) is 10.2. The Kier molecular flexibility index (Phi) is 7.05. The SMILES string of the molecule is C=Cc1ccc(-c2cn(C)cc(-c3cc(Cl)cc(Sc4ccc([N+](=O)[O-])cc4)c3)c2=O)c(C=C)c1. The number of hydrogen-bond acceptors (Lipinski definition) is 4. The zero-order chi connectivity index (χ0) is 25.1. The van der Waals surface area contributed by atoms with Crippen molar-refractivity contribution >= 4 is 41.2 Å². The highest BCUT2D eigenvalue weighted by atomic mass is 35.5. The summed E-state index contributed by atoms with van der Waals surface area (Å²) >= 11 is 7.84. The van der Waals surface area contributed by atoms with Gasteiger partial charge in [-0.15, -0.1) is 0 Å². The lowest BCUT2D eigenvalue weighted by Crippen LogP contribution is -2.12. The van der Waals surface area contributed by atoms with Gasteiger partial charge in [-0.3, -0.25) is 14.9 Å². The number of nitro groups is 1. The van der Waals surface area contributed by atoms with Gasteiger partial charge >= 0.3 is 0 Å². The van der Waals surface area contributed by atoms with Gasteiger partial charge in [0.2, 0.25) is 0 Å². The summed E-state index contributed by atoms with van der Waals surface area (Å²) in [5, 5.41) is 11.4. The quantitative estimate of drug-likeness (QED) is 0.192. The number of nitro benzene ring substituents is 1. The Hall–Kier alpha value is -3.87. The predicted octanol–water partition coefficient (Wildman–Crippen LogP) is 7.72. The largest absolute Gasteiger partial charge is 0.356 e. The topological polar surface area (TPSA) is 65.1 Å². The molecule has 0 saturated heterocycles. The number of pyridine rings is 1. The van der Waals surface area contributed by atoms with Gasteiger partial charge in [0.15, 0.2) is 5.43 Å². The molecule has 0 amide bonds. The fraction of sp³-hybridized carbons (Fsp3) is 0.0357. The molecule has 0 unspecified atom stereocenters. The lowest BCUT2D eigenvalue weighted by molar-refractivity contribution is -0.384. The molecule has 0 aliphatic heterocycles. The summed E-state index contributed by atoms with van der Waals surface area (Å²) in [4.78, 5) is 25.8. The van der Waals surface area contributed by atoms with Crippen LogP contribution in [-0.2, 0) is 7.05 Å². The van der Waals surface area contributed by atoms with E-state index in [0.29, 0.717) is 21.7 Å². The molecule has 0 bridgehead atoms. The average Bonchev–Trinajstić information content (AvgIpc) is 2.84. The zero-order valence-corrected chi connectivity index (χ0v) is 20.5. The molecule has 1 heterocycles. The highest BCUT2D eigenvalue weighted by Crippen LogP contribution is 2.34. The molecule has 0 aliphatic rings. The summed E-state index contributed by atoms with van der Waals surface area (Å²) in [5.74, 6) is 0. The van der Waals surface area contributed by atoms with Crippen molar-refractivity contribution in [3.63, 3.8) is 0 Å². The van der Waals surface area contributed by atoms with Gasteiger partial charge in [-0.05, 0) is 58.7 Å². The van der Waals surface area contributed by atoms with E-state index < -0.39 is 4.92 Å². The lowest BCUT2D eigenvalue weighted by Gasteiger charge is -2.13. The first-order chi connectivity index (χ1) is 16.8. The van der Waals surface area contributed by atoms with Gasteiger partial charge < -0.3 is 4.57 Å². The summed E-state index contributed by atoms with van der Waals surface area (Å²) in [6.07, 6.45) is 7.07. The normalized spacial score (nSPS) is 10.7. The zero-order valence-electron chi connectivity index (χ0n) is 18.9. The smallest absolute Gasteiger partial charge is 0.269 e. The van der Waals surface area contributed by atoms with E-state index in [0.717, 1.165) is 26.5 Å². The van der Waals surface area contributed by atoms with Gasteiger partial charge in [0.25, 0.3) is 5.69 Å². The third-order valence-electron chi connectivity index (χ3n) is 5.44. The molecule has 0 aliphatic carbocycles. The van der Waals surface area contributed by atoms with Crippen molar-refractivity contribution in [3.8, 4) is 22.3 Å². The highest BCUT2D eigenvalue weighted by molar-refractivity contribution is 7.99. The summed E-state index contributed by atoms with van der Waals surface area (Å²) in [5.41, 5.74) is 4.24. The Morgan fingerprint density at radius 2 is 1.63 bits per heavy atom. The van der Waals surface area contributed by atoms with Gasteiger partial charge in [-0.2, -0.15) is 0 Å². The molecule has 3 aromatic carbocycles. The van der Waals surface area contributed by atoms with Crippen molar-refractivity contribution < 1.29 is 4.92 Å². The minimum absolute atomic E-state index is 0.0291. The number of non-ortho nitro benzene ring substituents is 1. The summed E-state index contributed by atoms with van der Waals surface area (Å²) < 4.78 is 1.85. The van der Waals surface area contributed by atoms with Crippen molar-refractivity contribution in [1.29, 1.82) is 0 Å². The van der Waals surface area contributed by atoms with Crippen LogP contribution >= 0.6 is 23.4 Å². The van der Waals surface area contributed by atoms with E-state index in [1.165, 1.54) is 23.9 Å². The van der Waals surface area contributed by atoms with Gasteiger partial charge in [0.1, 0.15) is 0 Å². The molecule has 0 radical (unpaired) electrons. The van der Waals surface area contributed by atoms with E-state index in [-0.39, 0.29) is 11.1 Å². The highest BCUT2D eigenvalue weighted by Gasteiger charge is 2.15. The fourth-order valence-electron chi connectivity index (χ4n) is 3.78. The third kappa shape index (κ3) is 5.29. The van der Waals surface area contributed by atoms with Crippen molar-refractivity contribution in [1.82, 2.24) is 4.57 Å². The van der Waals surface area contributed by atoms with E-state index >= 15 is 0 Å². The maximum Gasteiger partial charge on any atom is 0.269 e. The van der Waals surface area contributed by atoms with Crippen LogP contribution in [0.15, 0.2) is 101 Å². The molecule has 0 fully saturated rings. The van der Waals surface area contributed by atoms with Gasteiger partial charge in [0, 0.05) is 57.5 Å². The van der Waals surface area contributed by atoms with Crippen LogP contribution in [0.2, 0.25) is 5.02 Å². The van der Waals surface area contributed by atoms with E-state index in [1.807, 2.05) is 35.9 Å². The van der Waals surface area contributed by atoms with Crippen LogP contribution in [-0.4, -0.2) is 9.49 Å². The standard InChI is InChI=1S/C28H21ClN2O3S/c1-4-18-6-11-25(19(5-2)12-18)27-17-30(3)16-26(28(27)32)20-13-21(29)15-24(14-20)35-23-9-7-22(8-10-23)31(33)34/h4-17H,1-2H2,3H3. The van der Waals surface area contributed by atoms with Crippen LogP contribution in [0.1, 0.15) is 11.1 Å². The molecule has 0 spiro atoms. The van der Waals surface area contributed by atoms with Crippen molar-refractivity contribution in [2.45, 2.75) is 9.79 Å². The van der Waals surface area contributed by atoms with E-state index in [2.05, 4.69) is 13.2 Å². The number of aromatic nitrogens is 1. The van der Waals surface area contributed by atoms with Crippen molar-refractivity contribution in [3.05, 3.63) is 123 Å². The van der Waals surface area contributed by atoms with Crippen molar-refractivity contribution in [2.75, 3.05) is 0 Å². The van der Waals surface area contributed by atoms with Crippen LogP contribution in [0.25, 0.3) is 34.4 Å². The first-order valence-electron chi connectivity index (χ1n) is 10.6. The van der Waals surface area contributed by atoms with Crippen LogP contribution in [0.3, 0.4) is 0 Å². The minimum atomic E-state index is -0.433. The van der Waals surface area contributed by atoms with Crippen LogP contribution in [0, 0.1) is 10.1 Å². The molecule has 0 N–H and O–H groups in total. The number of nitrogens with zero attached hydrogens (tertiary/aromatic N) is 2.